The number of fused-ring (bicyclic) bond motifs is 1. The maximum Gasteiger partial charge on any atom is 0.339 e. The third kappa shape index (κ3) is 2.79. The van der Waals surface area contributed by atoms with Gasteiger partial charge in [-0.2, -0.15) is 5.10 Å². The number of nitrogens with zero attached hydrogens (tertiary/aromatic N) is 1. The number of hydrogen-bond donors (Lipinski definition) is 2. The number of halogens is 1. The lowest BCUT2D eigenvalue weighted by Gasteiger charge is -2.08. The quantitative estimate of drug-likeness (QED) is 0.699. The zero-order chi connectivity index (χ0) is 17.3. The SMILES string of the molecule is Cc1cccc(Cl)c1NC(=O)NN=c1c(=O)c2ccccc2c1=O. The monoisotopic (exact) mass is 341 g/mol. The van der Waals surface area contributed by atoms with Gasteiger partial charge in [0.25, 0.3) is 0 Å². The number of benzene rings is 2. The summed E-state index contributed by atoms with van der Waals surface area (Å²) in [5, 5.41) is 6.83. The predicted octanol–water partition coefficient (Wildman–Crippen LogP) is 2.04. The van der Waals surface area contributed by atoms with E-state index < -0.39 is 16.9 Å². The molecule has 7 heteroatoms. The zero-order valence-electron chi connectivity index (χ0n) is 12.6. The molecule has 0 fully saturated rings. The summed E-state index contributed by atoms with van der Waals surface area (Å²) in [5.41, 5.74) is 2.35. The molecule has 0 saturated carbocycles. The smallest absolute Gasteiger partial charge is 0.305 e. The Morgan fingerprint density at radius 2 is 1.62 bits per heavy atom. The first kappa shape index (κ1) is 15.9. The van der Waals surface area contributed by atoms with Crippen molar-refractivity contribution in [3.05, 3.63) is 78.9 Å². The summed E-state index contributed by atoms with van der Waals surface area (Å²) in [6, 6.07) is 10.9. The molecule has 0 atom stereocenters. The lowest BCUT2D eigenvalue weighted by Crippen LogP contribution is -2.36. The molecule has 0 aromatic heterocycles. The van der Waals surface area contributed by atoms with Crippen LogP contribution in [0.1, 0.15) is 5.56 Å². The number of carbonyl (C=O) groups is 1. The number of nitrogens with one attached hydrogen (secondary N) is 2. The van der Waals surface area contributed by atoms with E-state index in [0.717, 1.165) is 5.56 Å². The largest absolute Gasteiger partial charge is 0.339 e. The van der Waals surface area contributed by atoms with Gasteiger partial charge in [0, 0.05) is 10.8 Å². The van der Waals surface area contributed by atoms with E-state index in [4.69, 9.17) is 11.6 Å². The Hall–Kier alpha value is -2.99. The summed E-state index contributed by atoms with van der Waals surface area (Å²) in [6.45, 7) is 1.79. The topological polar surface area (TPSA) is 87.6 Å². The second-order valence-corrected chi connectivity index (χ2v) is 5.57. The average molecular weight is 342 g/mol. The van der Waals surface area contributed by atoms with Crippen LogP contribution in [0.3, 0.4) is 0 Å². The molecular weight excluding hydrogens is 330 g/mol. The van der Waals surface area contributed by atoms with Crippen molar-refractivity contribution in [2.45, 2.75) is 6.92 Å². The Labute approximate surface area is 141 Å². The number of rotatable bonds is 2. The van der Waals surface area contributed by atoms with Gasteiger partial charge in [-0.3, -0.25) is 9.59 Å². The summed E-state index contributed by atoms with van der Waals surface area (Å²) in [5.74, 6) is 0. The van der Waals surface area contributed by atoms with E-state index in [9.17, 15) is 14.4 Å². The summed E-state index contributed by atoms with van der Waals surface area (Å²) < 4.78 is 0. The van der Waals surface area contributed by atoms with E-state index in [2.05, 4.69) is 15.8 Å². The van der Waals surface area contributed by atoms with Gasteiger partial charge in [0.1, 0.15) is 0 Å². The third-order valence-electron chi connectivity index (χ3n) is 3.58. The molecular formula is C17H12ClN3O3. The number of aryl methyl sites for hydroxylation is 1. The van der Waals surface area contributed by atoms with E-state index in [1.165, 1.54) is 0 Å². The van der Waals surface area contributed by atoms with Gasteiger partial charge in [-0.25, -0.2) is 10.2 Å². The van der Waals surface area contributed by atoms with Crippen LogP contribution >= 0.6 is 11.6 Å². The van der Waals surface area contributed by atoms with E-state index >= 15 is 0 Å². The van der Waals surface area contributed by atoms with Crippen molar-refractivity contribution >= 4 is 34.1 Å². The highest BCUT2D eigenvalue weighted by Gasteiger charge is 2.11. The maximum absolute atomic E-state index is 12.1. The second-order valence-electron chi connectivity index (χ2n) is 5.16. The van der Waals surface area contributed by atoms with E-state index in [0.29, 0.717) is 10.7 Å². The molecule has 24 heavy (non-hydrogen) atoms. The predicted molar refractivity (Wildman–Crippen MR) is 92.8 cm³/mol. The number of para-hydroxylation sites is 1. The van der Waals surface area contributed by atoms with Crippen molar-refractivity contribution in [1.29, 1.82) is 0 Å². The van der Waals surface area contributed by atoms with Crippen molar-refractivity contribution in [3.63, 3.8) is 0 Å². The number of hydrogen-bond acceptors (Lipinski definition) is 4. The average Bonchev–Trinajstić information content (AvgIpc) is 2.81. The van der Waals surface area contributed by atoms with Gasteiger partial charge >= 0.3 is 6.03 Å². The van der Waals surface area contributed by atoms with Crippen LogP contribution in [0, 0.1) is 6.92 Å². The second kappa shape index (κ2) is 6.25. The van der Waals surface area contributed by atoms with Gasteiger partial charge in [-0.15, -0.1) is 0 Å². The maximum atomic E-state index is 12.1. The molecule has 0 radical (unpaired) electrons. The molecule has 2 amide bonds. The van der Waals surface area contributed by atoms with Crippen LogP contribution in [0.5, 0.6) is 0 Å². The van der Waals surface area contributed by atoms with Crippen LogP contribution in [0.15, 0.2) is 57.2 Å². The van der Waals surface area contributed by atoms with E-state index in [-0.39, 0.29) is 16.1 Å². The Kier molecular flexibility index (Phi) is 4.14. The summed E-state index contributed by atoms with van der Waals surface area (Å²) in [7, 11) is 0. The molecule has 3 rings (SSSR count). The van der Waals surface area contributed by atoms with E-state index in [1.807, 2.05) is 0 Å². The summed E-state index contributed by atoms with van der Waals surface area (Å²) in [4.78, 5) is 36.2. The Bertz CT molecular complexity index is 1030. The lowest BCUT2D eigenvalue weighted by atomic mass is 10.2. The molecule has 3 aromatic carbocycles. The van der Waals surface area contributed by atoms with Crippen molar-refractivity contribution in [3.8, 4) is 0 Å². The minimum absolute atomic E-state index is 0.283. The first-order valence-corrected chi connectivity index (χ1v) is 7.45. The molecule has 0 saturated heterocycles. The van der Waals surface area contributed by atoms with Crippen molar-refractivity contribution in [2.24, 2.45) is 5.10 Å². The van der Waals surface area contributed by atoms with E-state index in [1.54, 1.807) is 49.4 Å². The van der Waals surface area contributed by atoms with Crippen molar-refractivity contribution in [2.75, 3.05) is 5.32 Å². The molecule has 0 aliphatic heterocycles. The van der Waals surface area contributed by atoms with Gasteiger partial charge in [0.2, 0.25) is 10.9 Å². The van der Waals surface area contributed by atoms with Crippen LogP contribution in [0.2, 0.25) is 5.02 Å². The Balaban J connectivity index is 1.90. The fourth-order valence-electron chi connectivity index (χ4n) is 2.38. The molecule has 0 aliphatic rings. The molecule has 0 bridgehead atoms. The van der Waals surface area contributed by atoms with Gasteiger partial charge in [-0.05, 0) is 18.6 Å². The van der Waals surface area contributed by atoms with Gasteiger partial charge in [0.15, 0.2) is 5.36 Å². The number of amides is 2. The van der Waals surface area contributed by atoms with Gasteiger partial charge < -0.3 is 5.32 Å². The molecule has 2 N–H and O–H groups in total. The van der Waals surface area contributed by atoms with Gasteiger partial charge in [0.05, 0.1) is 10.7 Å². The highest BCUT2D eigenvalue weighted by Crippen LogP contribution is 2.24. The fourth-order valence-corrected chi connectivity index (χ4v) is 2.65. The van der Waals surface area contributed by atoms with Gasteiger partial charge in [-0.1, -0.05) is 48.0 Å². The van der Waals surface area contributed by atoms with Crippen LogP contribution in [-0.4, -0.2) is 6.03 Å². The summed E-state index contributed by atoms with van der Waals surface area (Å²) >= 11 is 6.02. The van der Waals surface area contributed by atoms with Crippen LogP contribution in [-0.2, 0) is 0 Å². The van der Waals surface area contributed by atoms with Crippen LogP contribution < -0.4 is 27.0 Å². The normalized spacial score (nSPS) is 10.6. The highest BCUT2D eigenvalue weighted by molar-refractivity contribution is 6.33. The standard InChI is InChI=1S/C17H12ClN3O3/c1-9-5-4-8-12(18)13(9)19-17(24)21-20-14-15(22)10-6-2-3-7-11(10)16(14)23/h2-8H,1H3,(H2,19,21,24). The zero-order valence-corrected chi connectivity index (χ0v) is 13.3. The molecule has 6 nitrogen and oxygen atoms in total. The van der Waals surface area contributed by atoms with Crippen LogP contribution in [0.25, 0.3) is 10.8 Å². The molecule has 120 valence electrons. The Morgan fingerprint density at radius 3 is 2.21 bits per heavy atom. The molecule has 0 unspecified atom stereocenters. The molecule has 0 spiro atoms. The minimum atomic E-state index is -0.699. The number of carbonyl (C=O) groups excluding carboxylic acids is 1. The minimum Gasteiger partial charge on any atom is -0.305 e. The van der Waals surface area contributed by atoms with Crippen LogP contribution in [0.4, 0.5) is 10.5 Å². The number of urea groups is 1. The lowest BCUT2D eigenvalue weighted by molar-refractivity contribution is 0.252. The molecule has 0 heterocycles. The van der Waals surface area contributed by atoms with Crippen molar-refractivity contribution < 1.29 is 4.79 Å². The Morgan fingerprint density at radius 1 is 1.00 bits per heavy atom. The molecule has 3 aromatic rings. The van der Waals surface area contributed by atoms with Crippen molar-refractivity contribution in [1.82, 2.24) is 5.43 Å². The fraction of sp³-hybridized carbons (Fsp3) is 0.0588. The highest BCUT2D eigenvalue weighted by atomic mass is 35.5. The first-order chi connectivity index (χ1) is 11.5. The molecule has 0 aliphatic carbocycles. The third-order valence-corrected chi connectivity index (χ3v) is 3.89. The first-order valence-electron chi connectivity index (χ1n) is 7.07. The summed E-state index contributed by atoms with van der Waals surface area (Å²) in [6.07, 6.45) is 0. The number of anilines is 1.